The van der Waals surface area contributed by atoms with E-state index >= 15 is 0 Å². The summed E-state index contributed by atoms with van der Waals surface area (Å²) >= 11 is 5.38. The highest BCUT2D eigenvalue weighted by atomic mass is 32.1. The van der Waals surface area contributed by atoms with Crippen LogP contribution in [0.3, 0.4) is 0 Å². The van der Waals surface area contributed by atoms with Gasteiger partial charge in [-0.15, -0.1) is 0 Å². The normalized spacial score (nSPS) is 18.4. The SMILES string of the molecule is CC(C)(C)C1=CC(=S)C(C(C)(C)C)=CC1=O. The zero-order valence-corrected chi connectivity index (χ0v) is 11.8. The zero-order chi connectivity index (χ0) is 12.7. The van der Waals surface area contributed by atoms with Crippen LogP contribution >= 0.6 is 12.2 Å². The lowest BCUT2D eigenvalue weighted by Crippen LogP contribution is -2.26. The molecule has 0 atom stereocenters. The molecule has 0 heterocycles. The van der Waals surface area contributed by atoms with E-state index in [2.05, 4.69) is 20.8 Å². The van der Waals surface area contributed by atoms with Crippen molar-refractivity contribution in [3.8, 4) is 0 Å². The fourth-order valence-electron chi connectivity index (χ4n) is 1.73. The van der Waals surface area contributed by atoms with E-state index in [4.69, 9.17) is 12.2 Å². The lowest BCUT2D eigenvalue weighted by Gasteiger charge is -2.29. The Balaban J connectivity index is 3.17. The lowest BCUT2D eigenvalue weighted by atomic mass is 9.75. The number of carbonyl (C=O) groups is 1. The van der Waals surface area contributed by atoms with Crippen molar-refractivity contribution in [3.05, 3.63) is 23.3 Å². The second kappa shape index (κ2) is 3.92. The topological polar surface area (TPSA) is 17.1 Å². The van der Waals surface area contributed by atoms with Gasteiger partial charge in [-0.1, -0.05) is 53.8 Å². The quantitative estimate of drug-likeness (QED) is 0.594. The molecule has 0 aromatic carbocycles. The minimum absolute atomic E-state index is 0.0628. The van der Waals surface area contributed by atoms with Gasteiger partial charge in [0.15, 0.2) is 5.78 Å². The van der Waals surface area contributed by atoms with Crippen LogP contribution in [-0.4, -0.2) is 10.6 Å². The fraction of sp³-hybridized carbons (Fsp3) is 0.571. The molecule has 0 aromatic heterocycles. The third kappa shape index (κ3) is 2.67. The highest BCUT2D eigenvalue weighted by molar-refractivity contribution is 7.81. The van der Waals surface area contributed by atoms with Gasteiger partial charge in [-0.25, -0.2) is 0 Å². The molecule has 1 aliphatic rings. The largest absolute Gasteiger partial charge is 0.290 e. The molecule has 0 unspecified atom stereocenters. The average molecular weight is 236 g/mol. The lowest BCUT2D eigenvalue weighted by molar-refractivity contribution is -0.112. The molecule has 0 saturated heterocycles. The van der Waals surface area contributed by atoms with E-state index in [-0.39, 0.29) is 16.6 Å². The minimum atomic E-state index is -0.138. The number of hydrogen-bond donors (Lipinski definition) is 0. The molecule has 1 nitrogen and oxygen atoms in total. The Morgan fingerprint density at radius 2 is 1.31 bits per heavy atom. The summed E-state index contributed by atoms with van der Waals surface area (Å²) in [6, 6.07) is 0. The molecule has 1 rings (SSSR count). The molecule has 0 aliphatic heterocycles. The Hall–Kier alpha value is -0.760. The van der Waals surface area contributed by atoms with E-state index < -0.39 is 0 Å². The third-order valence-corrected chi connectivity index (χ3v) is 3.04. The van der Waals surface area contributed by atoms with Crippen molar-refractivity contribution in [2.24, 2.45) is 10.8 Å². The molecule has 0 amide bonds. The number of thiocarbonyl (C=S) groups is 1. The van der Waals surface area contributed by atoms with Crippen molar-refractivity contribution in [1.29, 1.82) is 0 Å². The molecule has 1 aliphatic carbocycles. The molecular weight excluding hydrogens is 216 g/mol. The maximum atomic E-state index is 12.0. The Morgan fingerprint density at radius 3 is 1.69 bits per heavy atom. The molecule has 16 heavy (non-hydrogen) atoms. The van der Waals surface area contributed by atoms with E-state index in [0.717, 1.165) is 16.0 Å². The van der Waals surface area contributed by atoms with Gasteiger partial charge in [0.25, 0.3) is 0 Å². The Labute approximate surface area is 104 Å². The Bertz CT molecular complexity index is 357. The number of rotatable bonds is 0. The summed E-state index contributed by atoms with van der Waals surface area (Å²) in [5.41, 5.74) is 1.58. The molecule has 2 heteroatoms. The molecular formula is C14H20OS. The highest BCUT2D eigenvalue weighted by Gasteiger charge is 2.30. The summed E-state index contributed by atoms with van der Waals surface area (Å²) < 4.78 is 0. The number of allylic oxidation sites excluding steroid dienone is 4. The Kier molecular flexibility index (Phi) is 3.26. The zero-order valence-electron chi connectivity index (χ0n) is 11.0. The standard InChI is InChI=1S/C14H20OS/c1-13(2,3)9-8-12(16)10(7-11(9)15)14(4,5)6/h7-8H,1-6H3. The summed E-state index contributed by atoms with van der Waals surface area (Å²) in [5.74, 6) is 0.103. The van der Waals surface area contributed by atoms with Gasteiger partial charge in [-0.2, -0.15) is 0 Å². The van der Waals surface area contributed by atoms with Gasteiger partial charge >= 0.3 is 0 Å². The van der Waals surface area contributed by atoms with E-state index in [1.54, 1.807) is 6.08 Å². The number of ketones is 1. The first-order chi connectivity index (χ1) is 7.03. The van der Waals surface area contributed by atoms with Crippen LogP contribution in [0, 0.1) is 10.8 Å². The fourth-order valence-corrected chi connectivity index (χ4v) is 2.22. The van der Waals surface area contributed by atoms with Crippen LogP contribution < -0.4 is 0 Å². The van der Waals surface area contributed by atoms with Gasteiger partial charge in [-0.3, -0.25) is 4.79 Å². The summed E-state index contributed by atoms with van der Waals surface area (Å²) in [4.78, 5) is 12.8. The van der Waals surface area contributed by atoms with Crippen molar-refractivity contribution in [3.63, 3.8) is 0 Å². The molecule has 0 aromatic rings. The second-order valence-corrected chi connectivity index (χ2v) is 6.78. The van der Waals surface area contributed by atoms with Crippen LogP contribution in [0.15, 0.2) is 23.3 Å². The monoisotopic (exact) mass is 236 g/mol. The van der Waals surface area contributed by atoms with Crippen molar-refractivity contribution < 1.29 is 4.79 Å². The summed E-state index contributed by atoms with van der Waals surface area (Å²) in [5, 5.41) is 0. The van der Waals surface area contributed by atoms with E-state index in [1.165, 1.54) is 0 Å². The van der Waals surface area contributed by atoms with Crippen LogP contribution in [0.5, 0.6) is 0 Å². The van der Waals surface area contributed by atoms with Gasteiger partial charge in [0.1, 0.15) is 0 Å². The molecule has 0 fully saturated rings. The van der Waals surface area contributed by atoms with Crippen molar-refractivity contribution in [2.75, 3.05) is 0 Å². The predicted octanol–water partition coefficient (Wildman–Crippen LogP) is 3.88. The van der Waals surface area contributed by atoms with Gasteiger partial charge in [0.05, 0.1) is 0 Å². The number of carbonyl (C=O) groups excluding carboxylic acids is 1. The second-order valence-electron chi connectivity index (χ2n) is 6.34. The molecule has 0 spiro atoms. The molecule has 0 N–H and O–H groups in total. The van der Waals surface area contributed by atoms with Crippen LogP contribution in [-0.2, 0) is 4.79 Å². The number of hydrogen-bond acceptors (Lipinski definition) is 2. The minimum Gasteiger partial charge on any atom is -0.290 e. The molecule has 0 radical (unpaired) electrons. The molecule has 88 valence electrons. The van der Waals surface area contributed by atoms with Crippen molar-refractivity contribution >= 4 is 22.9 Å². The van der Waals surface area contributed by atoms with Crippen molar-refractivity contribution in [2.45, 2.75) is 41.5 Å². The summed E-state index contributed by atoms with van der Waals surface area (Å²) in [7, 11) is 0. The maximum absolute atomic E-state index is 12.0. The van der Waals surface area contributed by atoms with Crippen LogP contribution in [0.2, 0.25) is 0 Å². The smallest absolute Gasteiger partial charge is 0.182 e. The average Bonchev–Trinajstić information content (AvgIpc) is 2.04. The highest BCUT2D eigenvalue weighted by Crippen LogP contribution is 2.35. The predicted molar refractivity (Wildman–Crippen MR) is 72.7 cm³/mol. The summed E-state index contributed by atoms with van der Waals surface area (Å²) in [6.45, 7) is 12.3. The van der Waals surface area contributed by atoms with Crippen LogP contribution in [0.1, 0.15) is 41.5 Å². The van der Waals surface area contributed by atoms with Gasteiger partial charge in [0.2, 0.25) is 0 Å². The van der Waals surface area contributed by atoms with E-state index in [1.807, 2.05) is 26.8 Å². The first-order valence-corrected chi connectivity index (χ1v) is 5.97. The molecule has 0 saturated carbocycles. The maximum Gasteiger partial charge on any atom is 0.182 e. The molecule has 0 bridgehead atoms. The van der Waals surface area contributed by atoms with Gasteiger partial charge < -0.3 is 0 Å². The first-order valence-electron chi connectivity index (χ1n) is 5.56. The van der Waals surface area contributed by atoms with Crippen LogP contribution in [0.25, 0.3) is 0 Å². The summed E-state index contributed by atoms with van der Waals surface area (Å²) in [6.07, 6.45) is 3.58. The van der Waals surface area contributed by atoms with Gasteiger partial charge in [0, 0.05) is 10.4 Å². The van der Waals surface area contributed by atoms with E-state index in [9.17, 15) is 4.79 Å². The van der Waals surface area contributed by atoms with Crippen LogP contribution in [0.4, 0.5) is 0 Å². The third-order valence-electron chi connectivity index (χ3n) is 2.70. The van der Waals surface area contributed by atoms with E-state index in [0.29, 0.717) is 0 Å². The Morgan fingerprint density at radius 1 is 0.875 bits per heavy atom. The van der Waals surface area contributed by atoms with Crippen molar-refractivity contribution in [1.82, 2.24) is 0 Å². The van der Waals surface area contributed by atoms with Gasteiger partial charge in [-0.05, 0) is 28.6 Å². The first kappa shape index (κ1) is 13.3.